The van der Waals surface area contributed by atoms with Gasteiger partial charge in [-0.05, 0) is 99.5 Å². The highest BCUT2D eigenvalue weighted by atomic mass is 16.3. The normalized spacial score (nSPS) is 38.7. The Balaban J connectivity index is 1.70. The Morgan fingerprint density at radius 3 is 2.61 bits per heavy atom. The number of hydrogen-bond acceptors (Lipinski definition) is 4. The first kappa shape index (κ1) is 26.7. The highest BCUT2D eigenvalue weighted by Crippen LogP contribution is 2.60. The average Bonchev–Trinajstić information content (AvgIpc) is 3.09. The van der Waals surface area contributed by atoms with Gasteiger partial charge in [0.05, 0.1) is 17.8 Å². The van der Waals surface area contributed by atoms with Gasteiger partial charge in [0.1, 0.15) is 0 Å². The largest absolute Gasteiger partial charge is 0.396 e. The predicted molar refractivity (Wildman–Crippen MR) is 135 cm³/mol. The van der Waals surface area contributed by atoms with Crippen molar-refractivity contribution in [1.82, 2.24) is 0 Å². The van der Waals surface area contributed by atoms with Crippen molar-refractivity contribution >= 4 is 0 Å². The second kappa shape index (κ2) is 10.8. The number of aliphatic hydroxyl groups is 4. The van der Waals surface area contributed by atoms with E-state index < -0.39 is 17.8 Å². The number of rotatable bonds is 8. The Morgan fingerprint density at radius 2 is 1.94 bits per heavy atom. The van der Waals surface area contributed by atoms with Crippen LogP contribution in [0.15, 0.2) is 35.5 Å². The van der Waals surface area contributed by atoms with Crippen molar-refractivity contribution in [1.29, 1.82) is 0 Å². The van der Waals surface area contributed by atoms with E-state index in [9.17, 15) is 20.4 Å². The third kappa shape index (κ3) is 6.01. The minimum atomic E-state index is -0.789. The lowest BCUT2D eigenvalue weighted by Gasteiger charge is -2.44. The van der Waals surface area contributed by atoms with Gasteiger partial charge in [-0.3, -0.25) is 0 Å². The third-order valence-electron chi connectivity index (χ3n) is 9.23. The summed E-state index contributed by atoms with van der Waals surface area (Å²) < 4.78 is 0. The zero-order valence-corrected chi connectivity index (χ0v) is 21.4. The minimum Gasteiger partial charge on any atom is -0.396 e. The first-order valence-corrected chi connectivity index (χ1v) is 13.3. The smallest absolute Gasteiger partial charge is 0.0840 e. The highest BCUT2D eigenvalue weighted by molar-refractivity contribution is 5.39. The van der Waals surface area contributed by atoms with Gasteiger partial charge in [0.2, 0.25) is 0 Å². The quantitative estimate of drug-likeness (QED) is 0.395. The second-order valence-electron chi connectivity index (χ2n) is 12.1. The van der Waals surface area contributed by atoms with Crippen LogP contribution in [0.2, 0.25) is 0 Å². The monoisotopic (exact) mass is 460 g/mol. The highest BCUT2D eigenvalue weighted by Gasteiger charge is 2.50. The van der Waals surface area contributed by atoms with Gasteiger partial charge in [-0.15, -0.1) is 0 Å². The van der Waals surface area contributed by atoms with Gasteiger partial charge in [-0.1, -0.05) is 51.0 Å². The van der Waals surface area contributed by atoms with Gasteiger partial charge in [-0.25, -0.2) is 0 Å². The van der Waals surface area contributed by atoms with E-state index >= 15 is 0 Å². The maximum atomic E-state index is 10.6. The molecule has 0 spiro atoms. The molecule has 0 saturated heterocycles. The molecule has 3 rings (SSSR count). The number of hydrogen-bond donors (Lipinski definition) is 4. The van der Waals surface area contributed by atoms with Crippen LogP contribution < -0.4 is 0 Å². The molecule has 0 bridgehead atoms. The van der Waals surface area contributed by atoms with Crippen LogP contribution in [0.4, 0.5) is 0 Å². The fourth-order valence-corrected chi connectivity index (χ4v) is 7.32. The molecule has 4 heteroatoms. The van der Waals surface area contributed by atoms with Crippen LogP contribution in [0.1, 0.15) is 91.9 Å². The molecular formula is C29H48O4. The summed E-state index contributed by atoms with van der Waals surface area (Å²) in [7, 11) is 0. The van der Waals surface area contributed by atoms with E-state index in [1.54, 1.807) is 0 Å². The van der Waals surface area contributed by atoms with Crippen molar-refractivity contribution < 1.29 is 20.4 Å². The fourth-order valence-electron chi connectivity index (χ4n) is 7.32. The van der Waals surface area contributed by atoms with E-state index in [2.05, 4.69) is 32.6 Å². The van der Waals surface area contributed by atoms with Gasteiger partial charge in [0.25, 0.3) is 0 Å². The molecule has 33 heavy (non-hydrogen) atoms. The van der Waals surface area contributed by atoms with Crippen molar-refractivity contribution in [3.63, 3.8) is 0 Å². The molecule has 188 valence electrons. The molecule has 3 fully saturated rings. The van der Waals surface area contributed by atoms with Crippen molar-refractivity contribution in [2.24, 2.45) is 29.1 Å². The average molecular weight is 461 g/mol. The molecular weight excluding hydrogens is 412 g/mol. The molecule has 0 aromatic rings. The van der Waals surface area contributed by atoms with Crippen molar-refractivity contribution in [3.05, 3.63) is 35.5 Å². The standard InChI is InChI=1S/C29H48O4/c1-19(8-6-15-28(3,4)33)24-12-13-25-21(9-7-16-29(24,25)5)10-11-22-18-26(31)23(14-17-30)27(32)20(22)2/h10-11,19,23-27,30-33H,2,6-9,12-18H2,1,3-5H3/b21-10+,22-11-/t19-,23+,24-,25+,26-,27-,29-/m1/s1. The molecule has 0 heterocycles. The molecule has 0 aliphatic heterocycles. The Labute approximate surface area is 201 Å². The summed E-state index contributed by atoms with van der Waals surface area (Å²) in [4.78, 5) is 0. The van der Waals surface area contributed by atoms with E-state index in [1.165, 1.54) is 37.7 Å². The van der Waals surface area contributed by atoms with Gasteiger partial charge < -0.3 is 20.4 Å². The summed E-state index contributed by atoms with van der Waals surface area (Å²) in [6.45, 7) is 12.8. The number of aliphatic hydroxyl groups excluding tert-OH is 3. The Hall–Kier alpha value is -0.940. The SMILES string of the molecule is C=C1/C(=C\C=C2/CCC[C@]3(C)[C@@H]([C@H](C)CCCC(C)(C)O)CC[C@@H]23)C[C@@H](O)[C@H](CCO)[C@@H]1O. The van der Waals surface area contributed by atoms with Crippen LogP contribution in [-0.2, 0) is 0 Å². The lowest BCUT2D eigenvalue weighted by atomic mass is 9.60. The van der Waals surface area contributed by atoms with Crippen molar-refractivity contribution in [2.75, 3.05) is 6.61 Å². The molecule has 0 radical (unpaired) electrons. The van der Waals surface area contributed by atoms with E-state index in [0.717, 1.165) is 30.8 Å². The molecule has 3 aliphatic rings. The zero-order chi connectivity index (χ0) is 24.4. The van der Waals surface area contributed by atoms with E-state index in [-0.39, 0.29) is 12.5 Å². The minimum absolute atomic E-state index is 0.0349. The molecule has 0 aromatic heterocycles. The van der Waals surface area contributed by atoms with Gasteiger partial charge in [-0.2, -0.15) is 0 Å². The predicted octanol–water partition coefficient (Wildman–Crippen LogP) is 5.31. The summed E-state index contributed by atoms with van der Waals surface area (Å²) >= 11 is 0. The third-order valence-corrected chi connectivity index (χ3v) is 9.23. The molecule has 4 nitrogen and oxygen atoms in total. The molecule has 0 unspecified atom stereocenters. The van der Waals surface area contributed by atoms with E-state index in [4.69, 9.17) is 0 Å². The summed E-state index contributed by atoms with van der Waals surface area (Å²) in [6.07, 6.45) is 13.1. The first-order valence-electron chi connectivity index (χ1n) is 13.3. The number of allylic oxidation sites excluding steroid dienone is 3. The molecule has 4 N–H and O–H groups in total. The van der Waals surface area contributed by atoms with E-state index in [1.807, 2.05) is 13.8 Å². The Kier molecular flexibility index (Phi) is 8.70. The van der Waals surface area contributed by atoms with Crippen LogP contribution in [0.5, 0.6) is 0 Å². The molecule has 0 amide bonds. The molecule has 7 atom stereocenters. The second-order valence-corrected chi connectivity index (χ2v) is 12.1. The Bertz CT molecular complexity index is 745. The zero-order valence-electron chi connectivity index (χ0n) is 21.4. The summed E-state index contributed by atoms with van der Waals surface area (Å²) in [6, 6.07) is 0. The van der Waals surface area contributed by atoms with Crippen molar-refractivity contribution in [3.8, 4) is 0 Å². The number of fused-ring (bicyclic) bond motifs is 1. The molecule has 3 aliphatic carbocycles. The topological polar surface area (TPSA) is 80.9 Å². The summed E-state index contributed by atoms with van der Waals surface area (Å²) in [5, 5.41) is 40.4. The molecule has 0 aromatic carbocycles. The van der Waals surface area contributed by atoms with Gasteiger partial charge >= 0.3 is 0 Å². The van der Waals surface area contributed by atoms with Crippen molar-refractivity contribution in [2.45, 2.75) is 110 Å². The van der Waals surface area contributed by atoms with Crippen LogP contribution in [-0.4, -0.2) is 44.8 Å². The van der Waals surface area contributed by atoms with Gasteiger partial charge in [0.15, 0.2) is 0 Å². The molecule has 3 saturated carbocycles. The van der Waals surface area contributed by atoms with Crippen LogP contribution >= 0.6 is 0 Å². The van der Waals surface area contributed by atoms with E-state index in [0.29, 0.717) is 35.7 Å². The maximum Gasteiger partial charge on any atom is 0.0840 e. The summed E-state index contributed by atoms with van der Waals surface area (Å²) in [5.41, 5.74) is 2.93. The van der Waals surface area contributed by atoms with Gasteiger partial charge in [0, 0.05) is 12.5 Å². The first-order chi connectivity index (χ1) is 15.5. The lowest BCUT2D eigenvalue weighted by molar-refractivity contribution is 0.00609. The fraction of sp³-hybridized carbons (Fsp3) is 0.793. The Morgan fingerprint density at radius 1 is 1.21 bits per heavy atom. The van der Waals surface area contributed by atoms with Crippen LogP contribution in [0.25, 0.3) is 0 Å². The van der Waals surface area contributed by atoms with Crippen LogP contribution in [0, 0.1) is 29.1 Å². The maximum absolute atomic E-state index is 10.6. The summed E-state index contributed by atoms with van der Waals surface area (Å²) in [5.74, 6) is 1.68. The van der Waals surface area contributed by atoms with Crippen LogP contribution in [0.3, 0.4) is 0 Å². The lowest BCUT2D eigenvalue weighted by Crippen LogP contribution is -2.39.